The van der Waals surface area contributed by atoms with Crippen molar-refractivity contribution in [1.29, 1.82) is 0 Å². The minimum atomic E-state index is 0. The molecule has 0 unspecified atom stereocenters. The van der Waals surface area contributed by atoms with Crippen LogP contribution in [-0.2, 0) is 0 Å². The van der Waals surface area contributed by atoms with Crippen molar-refractivity contribution in [2.75, 3.05) is 19.6 Å². The van der Waals surface area contributed by atoms with Crippen molar-refractivity contribution in [3.05, 3.63) is 11.6 Å². The molecule has 0 saturated carbocycles. The molecule has 0 radical (unpaired) electrons. The minimum absolute atomic E-state index is 0. The van der Waals surface area contributed by atoms with Crippen LogP contribution in [0.1, 0.15) is 38.5 Å². The third-order valence-electron chi connectivity index (χ3n) is 5.51. The first-order chi connectivity index (χ1) is 8.42. The molecule has 1 N–H and O–H groups in total. The van der Waals surface area contributed by atoms with Crippen LogP contribution in [0.2, 0.25) is 0 Å². The van der Waals surface area contributed by atoms with Gasteiger partial charge in [-0.25, -0.2) is 0 Å². The first-order valence-corrected chi connectivity index (χ1v) is 7.60. The molecule has 0 amide bonds. The normalized spacial score (nSPS) is 43.2. The molecule has 3 heteroatoms. The molecule has 102 valence electrons. The maximum atomic E-state index is 3.78. The standard InChI is InChI=1S/C15H24N2.ClH/c1-2-7-17-10-13-9-12(14(17)5-1)8-11-4-3-6-16-15(11)13;/h8,12-16H,1-7,9-10H2;1H/t12-,13+,14+,15+;/m0./s1. The molecule has 4 aliphatic rings. The van der Waals surface area contributed by atoms with Crippen LogP contribution in [0.25, 0.3) is 0 Å². The smallest absolute Gasteiger partial charge is 0.0320 e. The van der Waals surface area contributed by atoms with Gasteiger partial charge in [0.1, 0.15) is 0 Å². The molecule has 3 heterocycles. The van der Waals surface area contributed by atoms with Crippen LogP contribution in [0.4, 0.5) is 0 Å². The van der Waals surface area contributed by atoms with Gasteiger partial charge in [-0.2, -0.15) is 0 Å². The molecule has 0 aromatic rings. The van der Waals surface area contributed by atoms with Gasteiger partial charge in [-0.1, -0.05) is 18.1 Å². The lowest BCUT2D eigenvalue weighted by Gasteiger charge is -2.52. The van der Waals surface area contributed by atoms with Crippen molar-refractivity contribution in [2.24, 2.45) is 11.8 Å². The highest BCUT2D eigenvalue weighted by Crippen LogP contribution is 2.42. The summed E-state index contributed by atoms with van der Waals surface area (Å²) in [7, 11) is 0. The zero-order chi connectivity index (χ0) is 11.2. The Hall–Kier alpha value is -0.0500. The van der Waals surface area contributed by atoms with Crippen LogP contribution in [0, 0.1) is 11.8 Å². The van der Waals surface area contributed by atoms with Crippen molar-refractivity contribution < 1.29 is 0 Å². The van der Waals surface area contributed by atoms with Gasteiger partial charge >= 0.3 is 0 Å². The van der Waals surface area contributed by atoms with Gasteiger partial charge in [0.25, 0.3) is 0 Å². The minimum Gasteiger partial charge on any atom is -0.310 e. The van der Waals surface area contributed by atoms with E-state index in [1.807, 2.05) is 0 Å². The molecule has 3 aliphatic heterocycles. The first kappa shape index (κ1) is 13.0. The van der Waals surface area contributed by atoms with Crippen molar-refractivity contribution >= 4 is 12.4 Å². The summed E-state index contributed by atoms with van der Waals surface area (Å²) in [5.74, 6) is 1.80. The predicted molar refractivity (Wildman–Crippen MR) is 77.2 cm³/mol. The monoisotopic (exact) mass is 268 g/mol. The van der Waals surface area contributed by atoms with E-state index in [9.17, 15) is 0 Å². The summed E-state index contributed by atoms with van der Waals surface area (Å²) in [5.41, 5.74) is 1.77. The summed E-state index contributed by atoms with van der Waals surface area (Å²) in [6.45, 7) is 3.98. The molecule has 2 bridgehead atoms. The third-order valence-corrected chi connectivity index (χ3v) is 5.51. The number of hydrogen-bond acceptors (Lipinski definition) is 2. The molecule has 3 fully saturated rings. The lowest BCUT2D eigenvalue weighted by atomic mass is 9.68. The molecule has 0 aromatic carbocycles. The second kappa shape index (κ2) is 5.15. The number of hydrogen-bond donors (Lipinski definition) is 1. The van der Waals surface area contributed by atoms with Gasteiger partial charge < -0.3 is 5.32 Å². The van der Waals surface area contributed by atoms with Crippen molar-refractivity contribution in [2.45, 2.75) is 50.6 Å². The summed E-state index contributed by atoms with van der Waals surface area (Å²) < 4.78 is 0. The summed E-state index contributed by atoms with van der Waals surface area (Å²) >= 11 is 0. The van der Waals surface area contributed by atoms with Crippen molar-refractivity contribution in [3.8, 4) is 0 Å². The van der Waals surface area contributed by atoms with Gasteiger partial charge in [0.15, 0.2) is 0 Å². The summed E-state index contributed by atoms with van der Waals surface area (Å²) in [6, 6.07) is 1.64. The average Bonchev–Trinajstić information content (AvgIpc) is 2.39. The number of nitrogens with zero attached hydrogens (tertiary/aromatic N) is 1. The van der Waals surface area contributed by atoms with Crippen molar-refractivity contribution in [1.82, 2.24) is 10.2 Å². The average molecular weight is 269 g/mol. The predicted octanol–water partition coefficient (Wildman–Crippen LogP) is 2.59. The Kier molecular flexibility index (Phi) is 3.70. The van der Waals surface area contributed by atoms with Crippen molar-refractivity contribution in [3.63, 3.8) is 0 Å². The zero-order valence-electron chi connectivity index (χ0n) is 11.1. The Morgan fingerprint density at radius 2 is 2.17 bits per heavy atom. The molecule has 2 nitrogen and oxygen atoms in total. The number of nitrogens with one attached hydrogen (secondary N) is 1. The molecule has 18 heavy (non-hydrogen) atoms. The Bertz CT molecular complexity index is 341. The molecule has 4 atom stereocenters. The van der Waals surface area contributed by atoms with E-state index in [1.165, 1.54) is 58.2 Å². The Balaban J connectivity index is 0.000001000. The zero-order valence-corrected chi connectivity index (χ0v) is 11.9. The third kappa shape index (κ3) is 2.03. The van der Waals surface area contributed by atoms with Gasteiger partial charge in [-0.05, 0) is 57.0 Å². The van der Waals surface area contributed by atoms with Gasteiger partial charge in [0.05, 0.1) is 0 Å². The molecule has 1 aliphatic carbocycles. The number of fused-ring (bicyclic) bond motifs is 6. The van der Waals surface area contributed by atoms with E-state index in [-0.39, 0.29) is 12.4 Å². The van der Waals surface area contributed by atoms with Gasteiger partial charge in [-0.3, -0.25) is 4.90 Å². The fourth-order valence-electron chi connectivity index (χ4n) is 4.80. The highest BCUT2D eigenvalue weighted by molar-refractivity contribution is 5.85. The number of rotatable bonds is 0. The van der Waals surface area contributed by atoms with Gasteiger partial charge in [0, 0.05) is 18.6 Å². The largest absolute Gasteiger partial charge is 0.310 e. The Morgan fingerprint density at radius 1 is 1.22 bits per heavy atom. The summed E-state index contributed by atoms with van der Waals surface area (Å²) in [5, 5.41) is 3.78. The first-order valence-electron chi connectivity index (χ1n) is 7.60. The van der Waals surface area contributed by atoms with Crippen LogP contribution in [-0.4, -0.2) is 36.6 Å². The maximum absolute atomic E-state index is 3.78. The van der Waals surface area contributed by atoms with E-state index in [0.717, 1.165) is 23.9 Å². The van der Waals surface area contributed by atoms with Crippen LogP contribution in [0.5, 0.6) is 0 Å². The summed E-state index contributed by atoms with van der Waals surface area (Å²) in [4.78, 5) is 2.81. The van der Waals surface area contributed by atoms with Crippen LogP contribution in [0.15, 0.2) is 11.6 Å². The maximum Gasteiger partial charge on any atom is 0.0320 e. The van der Waals surface area contributed by atoms with E-state index >= 15 is 0 Å². The van der Waals surface area contributed by atoms with E-state index in [0.29, 0.717) is 0 Å². The van der Waals surface area contributed by atoms with E-state index < -0.39 is 0 Å². The molecule has 0 aromatic heterocycles. The number of halogens is 1. The molecular formula is C15H25ClN2. The quantitative estimate of drug-likeness (QED) is 0.680. The fourth-order valence-corrected chi connectivity index (χ4v) is 4.80. The summed E-state index contributed by atoms with van der Waals surface area (Å²) in [6.07, 6.45) is 11.2. The van der Waals surface area contributed by atoms with E-state index in [2.05, 4.69) is 16.3 Å². The van der Waals surface area contributed by atoms with Crippen LogP contribution in [0.3, 0.4) is 0 Å². The second-order valence-electron chi connectivity index (χ2n) is 6.49. The number of piperidine rings is 3. The fraction of sp³-hybridized carbons (Fsp3) is 0.867. The molecule has 3 saturated heterocycles. The highest BCUT2D eigenvalue weighted by atomic mass is 35.5. The van der Waals surface area contributed by atoms with E-state index in [4.69, 9.17) is 0 Å². The van der Waals surface area contributed by atoms with Crippen LogP contribution >= 0.6 is 12.4 Å². The molecule has 4 rings (SSSR count). The van der Waals surface area contributed by atoms with Crippen LogP contribution < -0.4 is 5.32 Å². The Labute approximate surface area is 117 Å². The van der Waals surface area contributed by atoms with Gasteiger partial charge in [-0.15, -0.1) is 12.4 Å². The van der Waals surface area contributed by atoms with E-state index in [1.54, 1.807) is 5.57 Å². The Morgan fingerprint density at radius 3 is 3.11 bits per heavy atom. The lowest BCUT2D eigenvalue weighted by Crippen LogP contribution is -2.58. The topological polar surface area (TPSA) is 15.3 Å². The highest BCUT2D eigenvalue weighted by Gasteiger charge is 2.43. The molecular weight excluding hydrogens is 244 g/mol. The molecule has 0 spiro atoms. The second-order valence-corrected chi connectivity index (χ2v) is 6.49. The lowest BCUT2D eigenvalue weighted by molar-refractivity contribution is 0.0271. The SMILES string of the molecule is C1=C2CCCN[C@H]2[C@@H]2C[C@H]1[C@H]1CCCCN1C2.Cl. The van der Waals surface area contributed by atoms with Gasteiger partial charge in [0.2, 0.25) is 0 Å².